The first-order valence-electron chi connectivity index (χ1n) is 4.64. The number of hydrogen-bond donors (Lipinski definition) is 3. The first kappa shape index (κ1) is 13.2. The number of nitrogens with two attached hydrogens (primary N) is 1. The predicted molar refractivity (Wildman–Crippen MR) is 59.8 cm³/mol. The standard InChI is InChI=1S/C9H10N4O5/c1-18-7-3-2-5(4-6(7)13(16)17)8(14)11-12-9(10)15/h2-4H,1H3,(H,11,14)(H3,10,12,15). The van der Waals surface area contributed by atoms with Crippen molar-refractivity contribution in [3.8, 4) is 5.75 Å². The van der Waals surface area contributed by atoms with Crippen LogP contribution in [0.25, 0.3) is 0 Å². The lowest BCUT2D eigenvalue weighted by Gasteiger charge is -2.06. The molecule has 0 aliphatic rings. The Hall–Kier alpha value is -2.84. The predicted octanol–water partition coefficient (Wildman–Crippen LogP) is -0.0835. The normalized spacial score (nSPS) is 9.39. The summed E-state index contributed by atoms with van der Waals surface area (Å²) in [5.41, 5.74) is 8.21. The molecule has 0 unspecified atom stereocenters. The molecule has 0 aliphatic carbocycles. The Balaban J connectivity index is 2.97. The lowest BCUT2D eigenvalue weighted by molar-refractivity contribution is -0.385. The molecule has 0 bridgehead atoms. The zero-order chi connectivity index (χ0) is 13.7. The Labute approximate surface area is 101 Å². The van der Waals surface area contributed by atoms with E-state index in [9.17, 15) is 19.7 Å². The van der Waals surface area contributed by atoms with Gasteiger partial charge in [0.1, 0.15) is 0 Å². The van der Waals surface area contributed by atoms with Crippen LogP contribution in [0.5, 0.6) is 5.75 Å². The Kier molecular flexibility index (Phi) is 4.02. The number of carbonyl (C=O) groups is 2. The molecule has 0 aliphatic heterocycles. The maximum Gasteiger partial charge on any atom is 0.330 e. The molecule has 0 radical (unpaired) electrons. The highest BCUT2D eigenvalue weighted by Gasteiger charge is 2.18. The summed E-state index contributed by atoms with van der Waals surface area (Å²) in [7, 11) is 1.27. The second-order valence-electron chi connectivity index (χ2n) is 3.09. The van der Waals surface area contributed by atoms with E-state index in [1.54, 1.807) is 0 Å². The van der Waals surface area contributed by atoms with Gasteiger partial charge in [0.25, 0.3) is 5.91 Å². The maximum absolute atomic E-state index is 11.5. The van der Waals surface area contributed by atoms with E-state index >= 15 is 0 Å². The average Bonchev–Trinajstić information content (AvgIpc) is 2.34. The Morgan fingerprint density at radius 3 is 2.56 bits per heavy atom. The molecule has 3 amide bonds. The summed E-state index contributed by atoms with van der Waals surface area (Å²) in [6.45, 7) is 0. The van der Waals surface area contributed by atoms with E-state index in [1.165, 1.54) is 19.2 Å². The van der Waals surface area contributed by atoms with Crippen molar-refractivity contribution in [3.63, 3.8) is 0 Å². The van der Waals surface area contributed by atoms with E-state index < -0.39 is 16.9 Å². The fraction of sp³-hybridized carbons (Fsp3) is 0.111. The maximum atomic E-state index is 11.5. The molecule has 9 heteroatoms. The lowest BCUT2D eigenvalue weighted by atomic mass is 10.2. The van der Waals surface area contributed by atoms with Crippen LogP contribution in [0, 0.1) is 10.1 Å². The van der Waals surface area contributed by atoms with Gasteiger partial charge < -0.3 is 10.5 Å². The largest absolute Gasteiger partial charge is 0.490 e. The molecule has 1 aromatic rings. The molecule has 0 atom stereocenters. The number of methoxy groups -OCH3 is 1. The van der Waals surface area contributed by atoms with Crippen LogP contribution in [0.15, 0.2) is 18.2 Å². The topological polar surface area (TPSA) is 137 Å². The third-order valence-corrected chi connectivity index (χ3v) is 1.94. The molecule has 0 aromatic heterocycles. The zero-order valence-electron chi connectivity index (χ0n) is 9.30. The second-order valence-corrected chi connectivity index (χ2v) is 3.09. The molecule has 0 saturated heterocycles. The molecule has 0 spiro atoms. The molecule has 0 heterocycles. The van der Waals surface area contributed by atoms with Gasteiger partial charge >= 0.3 is 11.7 Å². The Bertz CT molecular complexity index is 502. The van der Waals surface area contributed by atoms with E-state index in [-0.39, 0.29) is 17.0 Å². The van der Waals surface area contributed by atoms with E-state index in [4.69, 9.17) is 10.5 Å². The molecule has 1 rings (SSSR count). The Morgan fingerprint density at radius 2 is 2.06 bits per heavy atom. The number of hydrogen-bond acceptors (Lipinski definition) is 5. The van der Waals surface area contributed by atoms with Gasteiger partial charge in [-0.15, -0.1) is 0 Å². The number of carbonyl (C=O) groups excluding carboxylic acids is 2. The fourth-order valence-electron chi connectivity index (χ4n) is 1.16. The number of nitro benzene ring substituents is 1. The van der Waals surface area contributed by atoms with Crippen molar-refractivity contribution < 1.29 is 19.2 Å². The van der Waals surface area contributed by atoms with Crippen LogP contribution in [0.2, 0.25) is 0 Å². The average molecular weight is 254 g/mol. The van der Waals surface area contributed by atoms with Gasteiger partial charge in [0, 0.05) is 11.6 Å². The van der Waals surface area contributed by atoms with Crippen LogP contribution in [0.1, 0.15) is 10.4 Å². The summed E-state index contributed by atoms with van der Waals surface area (Å²) in [5.74, 6) is -0.709. The van der Waals surface area contributed by atoms with E-state index in [1.807, 2.05) is 10.9 Å². The molecule has 0 fully saturated rings. The van der Waals surface area contributed by atoms with Crippen LogP contribution in [-0.4, -0.2) is 24.0 Å². The SMILES string of the molecule is COc1ccc(C(=O)NNC(N)=O)cc1[N+](=O)[O-]. The van der Waals surface area contributed by atoms with Crippen molar-refractivity contribution in [2.45, 2.75) is 0 Å². The number of hydrazine groups is 1. The molecule has 9 nitrogen and oxygen atoms in total. The molecule has 18 heavy (non-hydrogen) atoms. The highest BCUT2D eigenvalue weighted by molar-refractivity contribution is 5.96. The van der Waals surface area contributed by atoms with Crippen LogP contribution in [-0.2, 0) is 0 Å². The summed E-state index contributed by atoms with van der Waals surface area (Å²) >= 11 is 0. The van der Waals surface area contributed by atoms with E-state index in [2.05, 4.69) is 0 Å². The molecule has 0 saturated carbocycles. The lowest BCUT2D eigenvalue weighted by Crippen LogP contribution is -2.44. The van der Waals surface area contributed by atoms with Crippen molar-refractivity contribution in [2.24, 2.45) is 5.73 Å². The molecule has 4 N–H and O–H groups in total. The van der Waals surface area contributed by atoms with Crippen LogP contribution in [0.3, 0.4) is 0 Å². The smallest absolute Gasteiger partial charge is 0.330 e. The van der Waals surface area contributed by atoms with Crippen LogP contribution in [0.4, 0.5) is 10.5 Å². The van der Waals surface area contributed by atoms with Gasteiger partial charge in [-0.1, -0.05) is 0 Å². The summed E-state index contributed by atoms with van der Waals surface area (Å²) < 4.78 is 4.78. The number of ether oxygens (including phenoxy) is 1. The fourth-order valence-corrected chi connectivity index (χ4v) is 1.16. The van der Waals surface area contributed by atoms with Crippen molar-refractivity contribution in [2.75, 3.05) is 7.11 Å². The quantitative estimate of drug-likeness (QED) is 0.511. The zero-order valence-corrected chi connectivity index (χ0v) is 9.30. The first-order chi connectivity index (χ1) is 8.45. The number of amides is 3. The van der Waals surface area contributed by atoms with Gasteiger partial charge in [-0.3, -0.25) is 20.3 Å². The summed E-state index contributed by atoms with van der Waals surface area (Å²) in [6, 6.07) is 2.66. The molecule has 96 valence electrons. The number of benzene rings is 1. The van der Waals surface area contributed by atoms with Crippen molar-refractivity contribution in [1.82, 2.24) is 10.9 Å². The van der Waals surface area contributed by atoms with Gasteiger partial charge in [0.05, 0.1) is 12.0 Å². The molecular weight excluding hydrogens is 244 g/mol. The monoisotopic (exact) mass is 254 g/mol. The van der Waals surface area contributed by atoms with Gasteiger partial charge in [-0.2, -0.15) is 0 Å². The summed E-state index contributed by atoms with van der Waals surface area (Å²) in [4.78, 5) is 31.9. The summed E-state index contributed by atoms with van der Waals surface area (Å²) in [5, 5.41) is 10.7. The van der Waals surface area contributed by atoms with Crippen molar-refractivity contribution in [3.05, 3.63) is 33.9 Å². The number of rotatable bonds is 3. The number of nitrogens with one attached hydrogen (secondary N) is 2. The van der Waals surface area contributed by atoms with Gasteiger partial charge in [-0.25, -0.2) is 10.2 Å². The third-order valence-electron chi connectivity index (χ3n) is 1.94. The minimum Gasteiger partial charge on any atom is -0.490 e. The number of nitro groups is 1. The van der Waals surface area contributed by atoms with Crippen molar-refractivity contribution >= 4 is 17.6 Å². The van der Waals surface area contributed by atoms with Gasteiger partial charge in [0.2, 0.25) is 0 Å². The minimum atomic E-state index is -0.952. The van der Waals surface area contributed by atoms with Crippen LogP contribution >= 0.6 is 0 Å². The summed E-state index contributed by atoms with van der Waals surface area (Å²) in [6.07, 6.45) is 0. The van der Waals surface area contributed by atoms with E-state index in [0.717, 1.165) is 6.07 Å². The van der Waals surface area contributed by atoms with Crippen LogP contribution < -0.4 is 21.3 Å². The number of nitrogens with zero attached hydrogens (tertiary/aromatic N) is 1. The van der Waals surface area contributed by atoms with Gasteiger partial charge in [-0.05, 0) is 12.1 Å². The third kappa shape index (κ3) is 3.07. The number of urea groups is 1. The molecular formula is C9H10N4O5. The highest BCUT2D eigenvalue weighted by atomic mass is 16.6. The first-order valence-corrected chi connectivity index (χ1v) is 4.64. The Morgan fingerprint density at radius 1 is 1.39 bits per heavy atom. The van der Waals surface area contributed by atoms with Crippen molar-refractivity contribution in [1.29, 1.82) is 0 Å². The van der Waals surface area contributed by atoms with E-state index in [0.29, 0.717) is 0 Å². The van der Waals surface area contributed by atoms with Gasteiger partial charge in [0.15, 0.2) is 5.75 Å². The minimum absolute atomic E-state index is 0.0174. The molecule has 1 aromatic carbocycles. The number of primary amides is 1. The highest BCUT2D eigenvalue weighted by Crippen LogP contribution is 2.27. The second kappa shape index (κ2) is 5.48.